The minimum Gasteiger partial charge on any atom is -0.493 e. The summed E-state index contributed by atoms with van der Waals surface area (Å²) in [5, 5.41) is 0. The predicted octanol–water partition coefficient (Wildman–Crippen LogP) is 3.58. The Morgan fingerprint density at radius 3 is 2.42 bits per heavy atom. The molecule has 3 unspecified atom stereocenters. The summed E-state index contributed by atoms with van der Waals surface area (Å²) in [4.78, 5) is 0. The first kappa shape index (κ1) is 13.0. The molecule has 0 aliphatic heterocycles. The molecule has 0 saturated heterocycles. The van der Waals surface area contributed by atoms with Crippen LogP contribution in [-0.4, -0.2) is 6.61 Å². The van der Waals surface area contributed by atoms with E-state index in [2.05, 4.69) is 26.0 Å². The molecule has 0 heterocycles. The third kappa shape index (κ3) is 2.51. The van der Waals surface area contributed by atoms with E-state index >= 15 is 0 Å². The molecule has 1 aromatic rings. The first-order chi connectivity index (χ1) is 9.17. The largest absolute Gasteiger partial charge is 0.493 e. The molecule has 0 spiro atoms. The standard InChI is InChI=1S/C17H25NO/c1-11-5-14(9-18)6-12(2)17(11)19-10-16-8-13-3-4-15(16)7-13/h5-6,13,15-16H,3-4,7-10,18H2,1-2H3. The maximum absolute atomic E-state index is 6.16. The molecule has 2 fully saturated rings. The minimum atomic E-state index is 0.605. The van der Waals surface area contributed by atoms with Crippen LogP contribution in [0.5, 0.6) is 5.75 Å². The van der Waals surface area contributed by atoms with Gasteiger partial charge in [0.15, 0.2) is 0 Å². The van der Waals surface area contributed by atoms with Crippen molar-refractivity contribution in [3.05, 3.63) is 28.8 Å². The van der Waals surface area contributed by atoms with E-state index in [0.29, 0.717) is 6.54 Å². The van der Waals surface area contributed by atoms with Crippen molar-refractivity contribution in [1.82, 2.24) is 0 Å². The van der Waals surface area contributed by atoms with Gasteiger partial charge in [-0.3, -0.25) is 0 Å². The van der Waals surface area contributed by atoms with Crippen molar-refractivity contribution in [3.8, 4) is 5.75 Å². The highest BCUT2D eigenvalue weighted by molar-refractivity contribution is 5.43. The van der Waals surface area contributed by atoms with Gasteiger partial charge in [-0.15, -0.1) is 0 Å². The van der Waals surface area contributed by atoms with E-state index in [4.69, 9.17) is 10.5 Å². The lowest BCUT2D eigenvalue weighted by Gasteiger charge is -2.23. The molecule has 0 radical (unpaired) electrons. The fraction of sp³-hybridized carbons (Fsp3) is 0.647. The fourth-order valence-corrected chi connectivity index (χ4v) is 4.16. The van der Waals surface area contributed by atoms with Crippen molar-refractivity contribution >= 4 is 0 Å². The van der Waals surface area contributed by atoms with E-state index in [9.17, 15) is 0 Å². The molecule has 19 heavy (non-hydrogen) atoms. The van der Waals surface area contributed by atoms with Gasteiger partial charge in [0.1, 0.15) is 5.75 Å². The van der Waals surface area contributed by atoms with Crippen molar-refractivity contribution in [2.45, 2.75) is 46.1 Å². The zero-order valence-corrected chi connectivity index (χ0v) is 12.1. The Morgan fingerprint density at radius 2 is 1.89 bits per heavy atom. The molecule has 2 aliphatic rings. The van der Waals surface area contributed by atoms with Gasteiger partial charge < -0.3 is 10.5 Å². The molecule has 2 saturated carbocycles. The van der Waals surface area contributed by atoms with Crippen molar-refractivity contribution in [2.75, 3.05) is 6.61 Å². The summed E-state index contributed by atoms with van der Waals surface area (Å²) >= 11 is 0. The molecule has 0 aromatic heterocycles. The van der Waals surface area contributed by atoms with E-state index in [1.165, 1.54) is 42.4 Å². The smallest absolute Gasteiger partial charge is 0.125 e. The maximum Gasteiger partial charge on any atom is 0.125 e. The summed E-state index contributed by atoms with van der Waals surface area (Å²) in [5.74, 6) is 3.82. The summed E-state index contributed by atoms with van der Waals surface area (Å²) in [6, 6.07) is 4.31. The Balaban J connectivity index is 1.67. The van der Waals surface area contributed by atoms with Gasteiger partial charge in [0.25, 0.3) is 0 Å². The van der Waals surface area contributed by atoms with Gasteiger partial charge >= 0.3 is 0 Å². The summed E-state index contributed by atoms with van der Waals surface area (Å²) in [5.41, 5.74) is 9.36. The Hall–Kier alpha value is -1.02. The SMILES string of the molecule is Cc1cc(CN)cc(C)c1OCC1CC2CCC1C2. The molecule has 2 nitrogen and oxygen atoms in total. The van der Waals surface area contributed by atoms with Gasteiger partial charge in [0.05, 0.1) is 6.61 Å². The second kappa shape index (κ2) is 5.16. The number of aryl methyl sites for hydroxylation is 2. The van der Waals surface area contributed by atoms with E-state index in [1.807, 2.05) is 0 Å². The normalized spacial score (nSPS) is 28.9. The van der Waals surface area contributed by atoms with Crippen LogP contribution < -0.4 is 10.5 Å². The summed E-state index contributed by atoms with van der Waals surface area (Å²) in [6.07, 6.45) is 5.74. The van der Waals surface area contributed by atoms with Crippen LogP contribution in [-0.2, 0) is 6.54 Å². The average Bonchev–Trinajstić information content (AvgIpc) is 2.99. The number of rotatable bonds is 4. The Kier molecular flexibility index (Phi) is 3.53. The molecule has 1 aromatic carbocycles. The molecule has 3 atom stereocenters. The first-order valence-corrected chi connectivity index (χ1v) is 7.60. The molecular weight excluding hydrogens is 234 g/mol. The minimum absolute atomic E-state index is 0.605. The number of hydrogen-bond acceptors (Lipinski definition) is 2. The van der Waals surface area contributed by atoms with Gasteiger partial charge in [-0.1, -0.05) is 18.6 Å². The van der Waals surface area contributed by atoms with Crippen molar-refractivity contribution < 1.29 is 4.74 Å². The van der Waals surface area contributed by atoms with Crippen LogP contribution in [0.1, 0.15) is 42.4 Å². The highest BCUT2D eigenvalue weighted by atomic mass is 16.5. The lowest BCUT2D eigenvalue weighted by Crippen LogP contribution is -2.19. The molecule has 3 rings (SSSR count). The molecule has 2 N–H and O–H groups in total. The van der Waals surface area contributed by atoms with Crippen LogP contribution in [0.25, 0.3) is 0 Å². The van der Waals surface area contributed by atoms with Crippen LogP contribution in [0.4, 0.5) is 0 Å². The summed E-state index contributed by atoms with van der Waals surface area (Å²) in [7, 11) is 0. The number of benzene rings is 1. The number of hydrogen-bond donors (Lipinski definition) is 1. The zero-order chi connectivity index (χ0) is 13.4. The van der Waals surface area contributed by atoms with Gasteiger partial charge in [0, 0.05) is 6.54 Å². The van der Waals surface area contributed by atoms with Crippen LogP contribution in [0.2, 0.25) is 0 Å². The number of ether oxygens (including phenoxy) is 1. The Bertz CT molecular complexity index is 445. The topological polar surface area (TPSA) is 35.2 Å². The summed E-state index contributed by atoms with van der Waals surface area (Å²) in [6.45, 7) is 5.77. The highest BCUT2D eigenvalue weighted by Gasteiger charge is 2.39. The fourth-order valence-electron chi connectivity index (χ4n) is 4.16. The Morgan fingerprint density at radius 1 is 1.16 bits per heavy atom. The second-order valence-corrected chi connectivity index (χ2v) is 6.51. The van der Waals surface area contributed by atoms with E-state index in [0.717, 1.165) is 30.1 Å². The lowest BCUT2D eigenvalue weighted by molar-refractivity contribution is 0.193. The molecule has 2 heteroatoms. The monoisotopic (exact) mass is 259 g/mol. The number of fused-ring (bicyclic) bond motifs is 2. The van der Waals surface area contributed by atoms with Crippen LogP contribution in [0.15, 0.2) is 12.1 Å². The highest BCUT2D eigenvalue weighted by Crippen LogP contribution is 2.48. The predicted molar refractivity (Wildman–Crippen MR) is 78.2 cm³/mol. The lowest BCUT2D eigenvalue weighted by atomic mass is 9.89. The molecule has 2 bridgehead atoms. The molecule has 0 amide bonds. The van der Waals surface area contributed by atoms with Crippen LogP contribution >= 0.6 is 0 Å². The zero-order valence-electron chi connectivity index (χ0n) is 12.1. The number of nitrogens with two attached hydrogens (primary N) is 1. The third-order valence-corrected chi connectivity index (χ3v) is 5.08. The van der Waals surface area contributed by atoms with Gasteiger partial charge in [-0.05, 0) is 67.6 Å². The second-order valence-electron chi connectivity index (χ2n) is 6.51. The molecule has 2 aliphatic carbocycles. The van der Waals surface area contributed by atoms with E-state index in [-0.39, 0.29) is 0 Å². The summed E-state index contributed by atoms with van der Waals surface area (Å²) < 4.78 is 6.16. The first-order valence-electron chi connectivity index (χ1n) is 7.60. The van der Waals surface area contributed by atoms with Crippen LogP contribution in [0, 0.1) is 31.6 Å². The third-order valence-electron chi connectivity index (χ3n) is 5.08. The average molecular weight is 259 g/mol. The molecule has 104 valence electrons. The van der Waals surface area contributed by atoms with Crippen molar-refractivity contribution in [1.29, 1.82) is 0 Å². The van der Waals surface area contributed by atoms with Gasteiger partial charge in [0.2, 0.25) is 0 Å². The van der Waals surface area contributed by atoms with Crippen molar-refractivity contribution in [2.24, 2.45) is 23.5 Å². The van der Waals surface area contributed by atoms with E-state index in [1.54, 1.807) is 0 Å². The Labute approximate surface area is 116 Å². The van der Waals surface area contributed by atoms with E-state index < -0.39 is 0 Å². The molecular formula is C17H25NO. The van der Waals surface area contributed by atoms with Crippen molar-refractivity contribution in [3.63, 3.8) is 0 Å². The quantitative estimate of drug-likeness (QED) is 0.897. The maximum atomic E-state index is 6.16. The van der Waals surface area contributed by atoms with Gasteiger partial charge in [-0.2, -0.15) is 0 Å². The van der Waals surface area contributed by atoms with Gasteiger partial charge in [-0.25, -0.2) is 0 Å². The van der Waals surface area contributed by atoms with Crippen LogP contribution in [0.3, 0.4) is 0 Å².